The van der Waals surface area contributed by atoms with Crippen LogP contribution in [0.1, 0.15) is 11.7 Å². The topological polar surface area (TPSA) is 42.4 Å². The minimum atomic E-state index is -0.749. The number of hydrogen-bond donors (Lipinski definition) is 1. The number of hydrogen-bond acceptors (Lipinski definition) is 3. The average Bonchev–Trinajstić information content (AvgIpc) is 2.37. The molecule has 1 N–H and O–H groups in total. The van der Waals surface area contributed by atoms with E-state index >= 15 is 0 Å². The van der Waals surface area contributed by atoms with Gasteiger partial charge >= 0.3 is 0 Å². The standard InChI is InChI=1S/C13H12FNO2/c14-11-2-1-3-12(8-11)17-9-13(16)10-4-6-15-7-5-10/h1-8,13,16H,9H2. The Morgan fingerprint density at radius 3 is 2.71 bits per heavy atom. The van der Waals surface area contributed by atoms with Crippen LogP contribution in [-0.2, 0) is 0 Å². The van der Waals surface area contributed by atoms with Crippen molar-refractivity contribution in [2.24, 2.45) is 0 Å². The van der Waals surface area contributed by atoms with Gasteiger partial charge in [-0.15, -0.1) is 0 Å². The smallest absolute Gasteiger partial charge is 0.126 e. The molecule has 0 fully saturated rings. The lowest BCUT2D eigenvalue weighted by molar-refractivity contribution is 0.108. The third-order valence-corrected chi connectivity index (χ3v) is 2.29. The molecule has 1 heterocycles. The number of benzene rings is 1. The first-order valence-electron chi connectivity index (χ1n) is 5.22. The van der Waals surface area contributed by atoms with Gasteiger partial charge in [-0.3, -0.25) is 4.98 Å². The fourth-order valence-electron chi connectivity index (χ4n) is 1.41. The Hall–Kier alpha value is -1.94. The van der Waals surface area contributed by atoms with E-state index in [-0.39, 0.29) is 12.4 Å². The van der Waals surface area contributed by atoms with Crippen molar-refractivity contribution in [3.63, 3.8) is 0 Å². The Morgan fingerprint density at radius 2 is 2.00 bits per heavy atom. The van der Waals surface area contributed by atoms with Crippen LogP contribution in [0.3, 0.4) is 0 Å². The molecule has 0 amide bonds. The lowest BCUT2D eigenvalue weighted by atomic mass is 10.2. The van der Waals surface area contributed by atoms with Crippen LogP contribution in [-0.4, -0.2) is 16.7 Å². The molecule has 17 heavy (non-hydrogen) atoms. The molecule has 2 aromatic rings. The summed E-state index contributed by atoms with van der Waals surface area (Å²) >= 11 is 0. The Kier molecular flexibility index (Phi) is 3.67. The highest BCUT2D eigenvalue weighted by Crippen LogP contribution is 2.16. The van der Waals surface area contributed by atoms with Crippen molar-refractivity contribution in [1.29, 1.82) is 0 Å². The normalized spacial score (nSPS) is 12.1. The molecule has 1 aromatic carbocycles. The zero-order chi connectivity index (χ0) is 12.1. The summed E-state index contributed by atoms with van der Waals surface area (Å²) in [5.41, 5.74) is 0.719. The molecule has 0 saturated heterocycles. The number of pyridine rings is 1. The molecule has 0 aliphatic heterocycles. The summed E-state index contributed by atoms with van der Waals surface area (Å²) in [6, 6.07) is 9.23. The summed E-state index contributed by atoms with van der Waals surface area (Å²) in [5, 5.41) is 9.80. The molecule has 1 unspecified atom stereocenters. The number of aliphatic hydroxyl groups is 1. The van der Waals surface area contributed by atoms with Crippen LogP contribution in [0.2, 0.25) is 0 Å². The van der Waals surface area contributed by atoms with Gasteiger partial charge in [-0.1, -0.05) is 6.07 Å². The summed E-state index contributed by atoms with van der Waals surface area (Å²) < 4.78 is 18.2. The van der Waals surface area contributed by atoms with E-state index in [1.807, 2.05) is 0 Å². The van der Waals surface area contributed by atoms with Crippen LogP contribution in [0, 0.1) is 5.82 Å². The third-order valence-electron chi connectivity index (χ3n) is 2.29. The molecule has 0 aliphatic carbocycles. The molecule has 0 radical (unpaired) electrons. The maximum absolute atomic E-state index is 12.9. The Bertz CT molecular complexity index is 476. The van der Waals surface area contributed by atoms with E-state index in [2.05, 4.69) is 4.98 Å². The predicted octanol–water partition coefficient (Wildman–Crippen LogP) is 2.33. The maximum atomic E-state index is 12.9. The molecule has 1 aromatic heterocycles. The molecule has 0 bridgehead atoms. The summed E-state index contributed by atoms with van der Waals surface area (Å²) in [5.74, 6) is 0.0407. The molecule has 3 nitrogen and oxygen atoms in total. The molecule has 2 rings (SSSR count). The molecule has 0 aliphatic rings. The van der Waals surface area contributed by atoms with E-state index in [0.717, 1.165) is 5.56 Å². The van der Waals surface area contributed by atoms with Crippen LogP contribution in [0.25, 0.3) is 0 Å². The number of nitrogens with zero attached hydrogens (tertiary/aromatic N) is 1. The van der Waals surface area contributed by atoms with Crippen molar-refractivity contribution in [3.8, 4) is 5.75 Å². The van der Waals surface area contributed by atoms with Crippen LogP contribution in [0.5, 0.6) is 5.75 Å². The van der Waals surface area contributed by atoms with E-state index < -0.39 is 6.10 Å². The zero-order valence-electron chi connectivity index (χ0n) is 9.08. The second-order valence-corrected chi connectivity index (χ2v) is 3.56. The first-order valence-corrected chi connectivity index (χ1v) is 5.22. The average molecular weight is 233 g/mol. The monoisotopic (exact) mass is 233 g/mol. The van der Waals surface area contributed by atoms with Crippen molar-refractivity contribution < 1.29 is 14.2 Å². The van der Waals surface area contributed by atoms with Gasteiger partial charge in [0.1, 0.15) is 24.3 Å². The van der Waals surface area contributed by atoms with Crippen molar-refractivity contribution in [3.05, 3.63) is 60.2 Å². The fraction of sp³-hybridized carbons (Fsp3) is 0.154. The Labute approximate surface area is 98.5 Å². The van der Waals surface area contributed by atoms with Gasteiger partial charge in [0, 0.05) is 18.5 Å². The summed E-state index contributed by atoms with van der Waals surface area (Å²) in [4.78, 5) is 3.86. The lowest BCUT2D eigenvalue weighted by Crippen LogP contribution is -2.09. The van der Waals surface area contributed by atoms with Gasteiger partial charge < -0.3 is 9.84 Å². The van der Waals surface area contributed by atoms with Gasteiger partial charge in [-0.05, 0) is 29.8 Å². The van der Waals surface area contributed by atoms with Gasteiger partial charge in [0.05, 0.1) is 0 Å². The van der Waals surface area contributed by atoms with Crippen molar-refractivity contribution in [2.45, 2.75) is 6.10 Å². The van der Waals surface area contributed by atoms with Crippen LogP contribution < -0.4 is 4.74 Å². The van der Waals surface area contributed by atoms with E-state index in [1.165, 1.54) is 12.1 Å². The molecule has 88 valence electrons. The summed E-state index contributed by atoms with van der Waals surface area (Å²) in [6.45, 7) is 0.0769. The quantitative estimate of drug-likeness (QED) is 0.881. The van der Waals surface area contributed by atoms with Crippen LogP contribution in [0.4, 0.5) is 4.39 Å². The van der Waals surface area contributed by atoms with E-state index in [4.69, 9.17) is 4.74 Å². The first-order chi connectivity index (χ1) is 8.25. The predicted molar refractivity (Wildman–Crippen MR) is 61.1 cm³/mol. The molecule has 0 spiro atoms. The molecule has 1 atom stereocenters. The van der Waals surface area contributed by atoms with E-state index in [9.17, 15) is 9.50 Å². The SMILES string of the molecule is OC(COc1cccc(F)c1)c1ccncc1. The van der Waals surface area contributed by atoms with E-state index in [1.54, 1.807) is 36.7 Å². The van der Waals surface area contributed by atoms with Crippen molar-refractivity contribution >= 4 is 0 Å². The Morgan fingerprint density at radius 1 is 1.24 bits per heavy atom. The Balaban J connectivity index is 1.95. The van der Waals surface area contributed by atoms with Gasteiger partial charge in [-0.2, -0.15) is 0 Å². The number of halogens is 1. The van der Waals surface area contributed by atoms with E-state index in [0.29, 0.717) is 5.75 Å². The summed E-state index contributed by atoms with van der Waals surface area (Å²) in [7, 11) is 0. The zero-order valence-corrected chi connectivity index (χ0v) is 9.08. The lowest BCUT2D eigenvalue weighted by Gasteiger charge is -2.12. The first kappa shape index (κ1) is 11.5. The number of aliphatic hydroxyl groups excluding tert-OH is 1. The summed E-state index contributed by atoms with van der Waals surface area (Å²) in [6.07, 6.45) is 2.45. The molecule has 4 heteroatoms. The van der Waals surface area contributed by atoms with Gasteiger partial charge in [0.15, 0.2) is 0 Å². The minimum absolute atomic E-state index is 0.0769. The highest BCUT2D eigenvalue weighted by atomic mass is 19.1. The number of rotatable bonds is 4. The second kappa shape index (κ2) is 5.41. The van der Waals surface area contributed by atoms with Crippen LogP contribution >= 0.6 is 0 Å². The van der Waals surface area contributed by atoms with Gasteiger partial charge in [-0.25, -0.2) is 4.39 Å². The number of ether oxygens (including phenoxy) is 1. The highest BCUT2D eigenvalue weighted by Gasteiger charge is 2.07. The largest absolute Gasteiger partial charge is 0.490 e. The molecular weight excluding hydrogens is 221 g/mol. The van der Waals surface area contributed by atoms with Crippen molar-refractivity contribution in [2.75, 3.05) is 6.61 Å². The maximum Gasteiger partial charge on any atom is 0.126 e. The number of aromatic nitrogens is 1. The van der Waals surface area contributed by atoms with Gasteiger partial charge in [0.2, 0.25) is 0 Å². The van der Waals surface area contributed by atoms with Gasteiger partial charge in [0.25, 0.3) is 0 Å². The minimum Gasteiger partial charge on any atom is -0.490 e. The van der Waals surface area contributed by atoms with Crippen LogP contribution in [0.15, 0.2) is 48.8 Å². The molecular formula is C13H12FNO2. The second-order valence-electron chi connectivity index (χ2n) is 3.56. The third kappa shape index (κ3) is 3.26. The highest BCUT2D eigenvalue weighted by molar-refractivity contribution is 5.22. The fourth-order valence-corrected chi connectivity index (χ4v) is 1.41. The molecule has 0 saturated carbocycles. The van der Waals surface area contributed by atoms with Crippen molar-refractivity contribution in [1.82, 2.24) is 4.98 Å².